The van der Waals surface area contributed by atoms with Crippen LogP contribution in [0.4, 0.5) is 8.78 Å². The minimum Gasteiger partial charge on any atom is -0.348 e. The normalized spacial score (nSPS) is 11.7. The van der Waals surface area contributed by atoms with E-state index >= 15 is 0 Å². The lowest BCUT2D eigenvalue weighted by molar-refractivity contribution is -0.125. The number of thioether (sulfide) groups is 1. The molecule has 0 heterocycles. The van der Waals surface area contributed by atoms with Crippen molar-refractivity contribution in [2.24, 2.45) is 0 Å². The summed E-state index contributed by atoms with van der Waals surface area (Å²) >= 11 is 1.28. The summed E-state index contributed by atoms with van der Waals surface area (Å²) in [5.74, 6) is -2.07. The van der Waals surface area contributed by atoms with E-state index in [0.717, 1.165) is 12.1 Å². The van der Waals surface area contributed by atoms with Crippen LogP contribution in [0.3, 0.4) is 0 Å². The first-order chi connectivity index (χ1) is 12.3. The highest BCUT2D eigenvalue weighted by atomic mass is 32.2. The lowest BCUT2D eigenvalue weighted by Gasteiger charge is -2.16. The van der Waals surface area contributed by atoms with Gasteiger partial charge in [-0.3, -0.25) is 9.59 Å². The topological polar surface area (TPSA) is 49.4 Å². The SMILES string of the molecule is CC(NC(=O)c1ccccc1SCC(=O)N(C)C)c1ccc(F)c(F)c1. The average Bonchev–Trinajstić information content (AvgIpc) is 2.61. The fraction of sp³-hybridized carbons (Fsp3) is 0.263. The molecule has 2 aromatic rings. The summed E-state index contributed by atoms with van der Waals surface area (Å²) in [6.07, 6.45) is 0. The van der Waals surface area contributed by atoms with Gasteiger partial charge in [-0.25, -0.2) is 8.78 Å². The summed E-state index contributed by atoms with van der Waals surface area (Å²) in [6.45, 7) is 1.69. The fourth-order valence-electron chi connectivity index (χ4n) is 2.19. The van der Waals surface area contributed by atoms with E-state index in [0.29, 0.717) is 16.0 Å². The summed E-state index contributed by atoms with van der Waals surface area (Å²) in [5, 5.41) is 2.77. The van der Waals surface area contributed by atoms with Crippen molar-refractivity contribution in [3.05, 3.63) is 65.2 Å². The quantitative estimate of drug-likeness (QED) is 0.781. The van der Waals surface area contributed by atoms with Gasteiger partial charge in [-0.2, -0.15) is 0 Å². The van der Waals surface area contributed by atoms with Gasteiger partial charge in [-0.05, 0) is 36.8 Å². The summed E-state index contributed by atoms with van der Waals surface area (Å²) in [5.41, 5.74) is 0.892. The van der Waals surface area contributed by atoms with Gasteiger partial charge in [0, 0.05) is 19.0 Å². The van der Waals surface area contributed by atoms with Crippen molar-refractivity contribution in [1.29, 1.82) is 0 Å². The van der Waals surface area contributed by atoms with Crippen molar-refractivity contribution in [2.75, 3.05) is 19.8 Å². The molecule has 0 saturated carbocycles. The maximum absolute atomic E-state index is 13.4. The lowest BCUT2D eigenvalue weighted by atomic mass is 10.1. The number of carbonyl (C=O) groups is 2. The summed E-state index contributed by atoms with van der Waals surface area (Å²) < 4.78 is 26.4. The number of rotatable bonds is 6. The summed E-state index contributed by atoms with van der Waals surface area (Å²) in [7, 11) is 3.34. The standard InChI is InChI=1S/C19H20F2N2O2S/c1-12(13-8-9-15(20)16(21)10-13)22-19(25)14-6-4-5-7-17(14)26-11-18(24)23(2)3/h4-10,12H,11H2,1-3H3,(H,22,25). The van der Waals surface area contributed by atoms with Crippen molar-refractivity contribution >= 4 is 23.6 Å². The van der Waals surface area contributed by atoms with Gasteiger partial charge in [0.05, 0.1) is 17.4 Å². The number of hydrogen-bond donors (Lipinski definition) is 1. The molecule has 0 saturated heterocycles. The maximum atomic E-state index is 13.4. The molecule has 26 heavy (non-hydrogen) atoms. The van der Waals surface area contributed by atoms with E-state index in [1.165, 1.54) is 22.7 Å². The second kappa shape index (κ2) is 8.80. The minimum atomic E-state index is -0.957. The molecule has 0 aliphatic rings. The highest BCUT2D eigenvalue weighted by molar-refractivity contribution is 8.00. The highest BCUT2D eigenvalue weighted by Crippen LogP contribution is 2.24. The van der Waals surface area contributed by atoms with Crippen LogP contribution in [0.2, 0.25) is 0 Å². The van der Waals surface area contributed by atoms with Crippen molar-refractivity contribution in [1.82, 2.24) is 10.2 Å². The Labute approximate surface area is 155 Å². The number of amides is 2. The van der Waals surface area contributed by atoms with Crippen LogP contribution in [0.1, 0.15) is 28.9 Å². The molecule has 138 valence electrons. The molecule has 1 unspecified atom stereocenters. The second-order valence-corrected chi connectivity index (χ2v) is 6.96. The number of carbonyl (C=O) groups excluding carboxylic acids is 2. The number of benzene rings is 2. The van der Waals surface area contributed by atoms with Crippen molar-refractivity contribution in [2.45, 2.75) is 17.9 Å². The van der Waals surface area contributed by atoms with Gasteiger partial charge in [0.15, 0.2) is 11.6 Å². The van der Waals surface area contributed by atoms with Crippen molar-refractivity contribution in [3.8, 4) is 0 Å². The molecule has 4 nitrogen and oxygen atoms in total. The minimum absolute atomic E-state index is 0.0552. The van der Waals surface area contributed by atoms with Crippen molar-refractivity contribution in [3.63, 3.8) is 0 Å². The van der Waals surface area contributed by atoms with E-state index in [-0.39, 0.29) is 17.6 Å². The molecule has 1 atom stereocenters. The molecule has 0 aliphatic heterocycles. The largest absolute Gasteiger partial charge is 0.348 e. The van der Waals surface area contributed by atoms with Gasteiger partial charge in [0.2, 0.25) is 5.91 Å². The van der Waals surface area contributed by atoms with Crippen molar-refractivity contribution < 1.29 is 18.4 Å². The molecule has 2 amide bonds. The van der Waals surface area contributed by atoms with E-state index in [9.17, 15) is 18.4 Å². The van der Waals surface area contributed by atoms with Crippen LogP contribution in [-0.2, 0) is 4.79 Å². The van der Waals surface area contributed by atoms with Crippen LogP contribution < -0.4 is 5.32 Å². The molecule has 2 aromatic carbocycles. The molecule has 1 N–H and O–H groups in total. The molecule has 7 heteroatoms. The van der Waals surface area contributed by atoms with E-state index in [2.05, 4.69) is 5.32 Å². The number of hydrogen-bond acceptors (Lipinski definition) is 3. The Morgan fingerprint density at radius 3 is 2.46 bits per heavy atom. The molecule has 0 fully saturated rings. The average molecular weight is 378 g/mol. The smallest absolute Gasteiger partial charge is 0.252 e. The predicted molar refractivity (Wildman–Crippen MR) is 98.1 cm³/mol. The molecule has 0 radical (unpaired) electrons. The van der Waals surface area contributed by atoms with Gasteiger partial charge >= 0.3 is 0 Å². The van der Waals surface area contributed by atoms with E-state index < -0.39 is 17.7 Å². The molecular formula is C19H20F2N2O2S. The van der Waals surface area contributed by atoms with E-state index in [1.807, 2.05) is 0 Å². The molecule has 2 rings (SSSR count). The third-order valence-electron chi connectivity index (χ3n) is 3.77. The Kier molecular flexibility index (Phi) is 6.74. The molecular weight excluding hydrogens is 358 g/mol. The Bertz CT molecular complexity index is 812. The van der Waals surface area contributed by atoms with E-state index in [4.69, 9.17) is 0 Å². The Balaban J connectivity index is 2.11. The second-order valence-electron chi connectivity index (χ2n) is 5.94. The Morgan fingerprint density at radius 2 is 1.81 bits per heavy atom. The van der Waals surface area contributed by atoms with Gasteiger partial charge < -0.3 is 10.2 Å². The van der Waals surface area contributed by atoms with Gasteiger partial charge in [-0.1, -0.05) is 18.2 Å². The van der Waals surface area contributed by atoms with Crippen LogP contribution in [0, 0.1) is 11.6 Å². The van der Waals surface area contributed by atoms with Crippen LogP contribution in [0.25, 0.3) is 0 Å². The first-order valence-corrected chi connectivity index (χ1v) is 8.96. The van der Waals surface area contributed by atoms with Crippen LogP contribution >= 0.6 is 11.8 Å². The maximum Gasteiger partial charge on any atom is 0.252 e. The zero-order chi connectivity index (χ0) is 19.3. The van der Waals surface area contributed by atoms with Gasteiger partial charge in [-0.15, -0.1) is 11.8 Å². The highest BCUT2D eigenvalue weighted by Gasteiger charge is 2.17. The Hall–Kier alpha value is -2.41. The number of nitrogens with one attached hydrogen (secondary N) is 1. The zero-order valence-corrected chi connectivity index (χ0v) is 15.6. The van der Waals surface area contributed by atoms with Crippen LogP contribution in [0.15, 0.2) is 47.4 Å². The van der Waals surface area contributed by atoms with Gasteiger partial charge in [0.25, 0.3) is 5.91 Å². The van der Waals surface area contributed by atoms with Crippen LogP contribution in [0.5, 0.6) is 0 Å². The van der Waals surface area contributed by atoms with E-state index in [1.54, 1.807) is 45.3 Å². The monoisotopic (exact) mass is 378 g/mol. The first kappa shape index (κ1) is 19.9. The summed E-state index contributed by atoms with van der Waals surface area (Å²) in [6, 6.07) is 9.98. The first-order valence-electron chi connectivity index (χ1n) is 7.97. The summed E-state index contributed by atoms with van der Waals surface area (Å²) in [4.78, 5) is 26.5. The molecule has 0 aromatic heterocycles. The molecule has 0 spiro atoms. The third-order valence-corrected chi connectivity index (χ3v) is 4.83. The predicted octanol–water partition coefficient (Wildman–Crippen LogP) is 3.64. The van der Waals surface area contributed by atoms with Crippen LogP contribution in [-0.4, -0.2) is 36.6 Å². The number of nitrogens with zero attached hydrogens (tertiary/aromatic N) is 1. The molecule has 0 bridgehead atoms. The fourth-order valence-corrected chi connectivity index (χ4v) is 3.22. The lowest BCUT2D eigenvalue weighted by Crippen LogP contribution is -2.27. The number of halogens is 2. The van der Waals surface area contributed by atoms with Gasteiger partial charge in [0.1, 0.15) is 0 Å². The third kappa shape index (κ3) is 5.05. The molecule has 0 aliphatic carbocycles. The Morgan fingerprint density at radius 1 is 1.12 bits per heavy atom. The zero-order valence-electron chi connectivity index (χ0n) is 14.8.